The summed E-state index contributed by atoms with van der Waals surface area (Å²) < 4.78 is 51.2. The molecule has 0 saturated carbocycles. The predicted molar refractivity (Wildman–Crippen MR) is 212 cm³/mol. The van der Waals surface area contributed by atoms with Crippen LogP contribution in [0, 0.1) is 0 Å². The van der Waals surface area contributed by atoms with Crippen molar-refractivity contribution in [1.82, 2.24) is 0 Å². The van der Waals surface area contributed by atoms with Gasteiger partial charge in [0.2, 0.25) is 0 Å². The van der Waals surface area contributed by atoms with Crippen molar-refractivity contribution in [2.45, 2.75) is 95.1 Å². The van der Waals surface area contributed by atoms with Crippen molar-refractivity contribution in [3.63, 3.8) is 0 Å². The zero-order valence-electron chi connectivity index (χ0n) is 32.0. The van der Waals surface area contributed by atoms with Crippen LogP contribution in [0.15, 0.2) is 152 Å². The van der Waals surface area contributed by atoms with E-state index in [2.05, 4.69) is 0 Å². The predicted octanol–water partition coefficient (Wildman–Crippen LogP) is 7.42. The van der Waals surface area contributed by atoms with Crippen molar-refractivity contribution in [3.8, 4) is 0 Å². The van der Waals surface area contributed by atoms with E-state index in [1.54, 1.807) is 24.3 Å². The van der Waals surface area contributed by atoms with Crippen molar-refractivity contribution >= 4 is 5.97 Å². The Morgan fingerprint density at radius 2 is 0.982 bits per heavy atom. The Labute approximate surface area is 334 Å². The first-order valence-electron chi connectivity index (χ1n) is 19.5. The number of hydrogen-bond donors (Lipinski definition) is 1. The minimum absolute atomic E-state index is 0.00954. The van der Waals surface area contributed by atoms with Gasteiger partial charge < -0.3 is 43.0 Å². The average Bonchev–Trinajstić information content (AvgIpc) is 3.26. The molecule has 1 N–H and O–H groups in total. The number of benzene rings is 5. The summed E-state index contributed by atoms with van der Waals surface area (Å²) in [5.74, 6) is -0.461. The summed E-state index contributed by atoms with van der Waals surface area (Å²) in [7, 11) is 0. The third kappa shape index (κ3) is 11.4. The number of aliphatic hydroxyl groups is 1. The van der Waals surface area contributed by atoms with Gasteiger partial charge in [-0.15, -0.1) is 0 Å². The van der Waals surface area contributed by atoms with Crippen LogP contribution in [0.5, 0.6) is 0 Å². The van der Waals surface area contributed by atoms with Crippen LogP contribution in [0.3, 0.4) is 0 Å². The maximum atomic E-state index is 13.2. The van der Waals surface area contributed by atoms with Gasteiger partial charge in [-0.1, -0.05) is 140 Å². The van der Waals surface area contributed by atoms with Gasteiger partial charge in [0.25, 0.3) is 0 Å². The van der Waals surface area contributed by atoms with Crippen LogP contribution in [0.2, 0.25) is 0 Å². The van der Waals surface area contributed by atoms with Crippen molar-refractivity contribution in [1.29, 1.82) is 0 Å². The van der Waals surface area contributed by atoms with Gasteiger partial charge in [-0.3, -0.25) is 0 Å². The Hall–Kier alpha value is -4.75. The number of hydrogen-bond acceptors (Lipinski definition) is 10. The lowest BCUT2D eigenvalue weighted by Crippen LogP contribution is -2.61. The molecular weight excluding hydrogens is 725 g/mol. The van der Waals surface area contributed by atoms with Gasteiger partial charge >= 0.3 is 5.97 Å². The van der Waals surface area contributed by atoms with Crippen LogP contribution in [-0.4, -0.2) is 73.0 Å². The van der Waals surface area contributed by atoms with E-state index >= 15 is 0 Å². The van der Waals surface area contributed by atoms with Crippen LogP contribution >= 0.6 is 0 Å². The number of aliphatic hydroxyl groups excluding tert-OH is 1. The van der Waals surface area contributed by atoms with Crippen LogP contribution in [-0.2, 0) is 64.3 Å². The quantitative estimate of drug-likeness (QED) is 0.0959. The maximum Gasteiger partial charge on any atom is 0.338 e. The van der Waals surface area contributed by atoms with E-state index in [0.717, 1.165) is 22.3 Å². The Kier molecular flexibility index (Phi) is 14.6. The molecule has 10 heteroatoms. The molecule has 0 bridgehead atoms. The molecule has 0 amide bonds. The molecule has 9 atom stereocenters. The fraction of sp³-hybridized carbons (Fsp3) is 0.340. The van der Waals surface area contributed by atoms with E-state index < -0.39 is 61.3 Å². The summed E-state index contributed by atoms with van der Waals surface area (Å²) in [6.07, 6.45) is -6.78. The molecule has 298 valence electrons. The van der Waals surface area contributed by atoms with Crippen molar-refractivity contribution in [3.05, 3.63) is 179 Å². The molecule has 0 spiro atoms. The largest absolute Gasteiger partial charge is 0.453 e. The van der Waals surface area contributed by atoms with Gasteiger partial charge in [-0.05, 0) is 41.3 Å². The summed E-state index contributed by atoms with van der Waals surface area (Å²) in [5.41, 5.74) is 4.29. The van der Waals surface area contributed by atoms with Crippen LogP contribution < -0.4 is 0 Å². The minimum atomic E-state index is -1.35. The van der Waals surface area contributed by atoms with E-state index in [4.69, 9.17) is 37.9 Å². The summed E-state index contributed by atoms with van der Waals surface area (Å²) in [6, 6.07) is 48.1. The zero-order valence-corrected chi connectivity index (χ0v) is 32.0. The third-order valence-electron chi connectivity index (χ3n) is 10.1. The van der Waals surface area contributed by atoms with Crippen LogP contribution in [0.4, 0.5) is 0 Å². The first-order valence-corrected chi connectivity index (χ1v) is 19.5. The highest BCUT2D eigenvalue weighted by atomic mass is 16.7. The van der Waals surface area contributed by atoms with Crippen molar-refractivity contribution < 1.29 is 47.8 Å². The number of esters is 1. The second-order valence-corrected chi connectivity index (χ2v) is 14.3. The molecule has 0 unspecified atom stereocenters. The molecule has 2 aliphatic rings. The molecule has 57 heavy (non-hydrogen) atoms. The van der Waals surface area contributed by atoms with Crippen molar-refractivity contribution in [2.24, 2.45) is 0 Å². The van der Waals surface area contributed by atoms with Gasteiger partial charge in [0.1, 0.15) is 30.5 Å². The fourth-order valence-electron chi connectivity index (χ4n) is 7.08. The van der Waals surface area contributed by atoms with E-state index in [0.29, 0.717) is 12.2 Å². The van der Waals surface area contributed by atoms with E-state index in [1.807, 2.05) is 134 Å². The fourth-order valence-corrected chi connectivity index (χ4v) is 7.08. The monoisotopic (exact) mass is 774 g/mol. The lowest BCUT2D eigenvalue weighted by molar-refractivity contribution is -0.327. The van der Waals surface area contributed by atoms with Gasteiger partial charge in [0.15, 0.2) is 18.7 Å². The van der Waals surface area contributed by atoms with E-state index in [-0.39, 0.29) is 32.8 Å². The molecule has 2 aliphatic heterocycles. The van der Waals surface area contributed by atoms with Gasteiger partial charge in [-0.25, -0.2) is 4.79 Å². The van der Waals surface area contributed by atoms with E-state index in [9.17, 15) is 9.90 Å². The summed E-state index contributed by atoms with van der Waals surface area (Å²) in [4.78, 5) is 13.2. The SMILES string of the molecule is C[C@H]1O[C@@H](OC[C@H]2O[C@H](O)[C@H](OCc3ccccc3)[C@@H](OCc3ccccc3)[C@@H]2OCc2ccccc2)C[C@@H](OCc2ccccc2)[C@@H]1OC(=O)c1ccccc1. The maximum absolute atomic E-state index is 13.2. The summed E-state index contributed by atoms with van der Waals surface area (Å²) in [6.45, 7) is 2.89. The number of rotatable bonds is 17. The Morgan fingerprint density at radius 3 is 1.49 bits per heavy atom. The lowest BCUT2D eigenvalue weighted by Gasteiger charge is -2.45. The lowest BCUT2D eigenvalue weighted by atomic mass is 9.97. The highest BCUT2D eigenvalue weighted by molar-refractivity contribution is 5.89. The normalized spacial score (nSPS) is 26.1. The second-order valence-electron chi connectivity index (χ2n) is 14.3. The molecule has 2 saturated heterocycles. The topological polar surface area (TPSA) is 111 Å². The molecule has 7 rings (SSSR count). The average molecular weight is 775 g/mol. The highest BCUT2D eigenvalue weighted by Crippen LogP contribution is 2.32. The summed E-state index contributed by atoms with van der Waals surface area (Å²) in [5, 5.41) is 11.6. The Morgan fingerprint density at radius 1 is 0.544 bits per heavy atom. The third-order valence-corrected chi connectivity index (χ3v) is 10.1. The molecule has 5 aromatic carbocycles. The Bertz CT molecular complexity index is 1900. The van der Waals surface area contributed by atoms with Crippen LogP contribution in [0.1, 0.15) is 46.0 Å². The standard InChI is InChI=1S/C47H50O10/c1-33-42(57-46(48)38-25-15-6-16-26-38)39(50-28-34-17-7-2-8-18-34)27-41(55-33)51-32-40-43(52-29-35-19-9-3-10-20-35)44(53-30-36-21-11-4-12-22-36)45(47(49)56-40)54-31-37-23-13-5-14-24-37/h2-26,33,39-45,47,49H,27-32H2,1H3/t33-,39-,40-,41-,42-,43-,44+,45-,47+/m1/s1. The molecule has 0 aliphatic carbocycles. The number of carbonyl (C=O) groups is 1. The first kappa shape index (κ1) is 40.4. The van der Waals surface area contributed by atoms with E-state index in [1.165, 1.54) is 0 Å². The molecule has 10 nitrogen and oxygen atoms in total. The molecule has 0 aromatic heterocycles. The molecule has 2 fully saturated rings. The number of carbonyl (C=O) groups excluding carboxylic acids is 1. The Balaban J connectivity index is 1.09. The smallest absolute Gasteiger partial charge is 0.338 e. The second kappa shape index (κ2) is 20.6. The number of ether oxygens (including phenoxy) is 8. The highest BCUT2D eigenvalue weighted by Gasteiger charge is 2.49. The zero-order chi connectivity index (χ0) is 39.2. The molecule has 5 aromatic rings. The molecular formula is C47H50O10. The van der Waals surface area contributed by atoms with Crippen molar-refractivity contribution in [2.75, 3.05) is 6.61 Å². The van der Waals surface area contributed by atoms with Gasteiger partial charge in [0, 0.05) is 6.42 Å². The van der Waals surface area contributed by atoms with Crippen LogP contribution in [0.25, 0.3) is 0 Å². The molecule has 2 heterocycles. The minimum Gasteiger partial charge on any atom is -0.453 e. The summed E-state index contributed by atoms with van der Waals surface area (Å²) >= 11 is 0. The van der Waals surface area contributed by atoms with Gasteiger partial charge in [0.05, 0.1) is 44.7 Å². The molecule has 0 radical (unpaired) electrons. The van der Waals surface area contributed by atoms with Gasteiger partial charge in [-0.2, -0.15) is 0 Å². The first-order chi connectivity index (χ1) is 28.0.